The second kappa shape index (κ2) is 5.84. The normalized spacial score (nSPS) is 19.2. The first-order valence-electron chi connectivity index (χ1n) is 6.61. The van der Waals surface area contributed by atoms with Gasteiger partial charge in [-0.15, -0.1) is 0 Å². The van der Waals surface area contributed by atoms with Gasteiger partial charge in [0.15, 0.2) is 0 Å². The highest BCUT2D eigenvalue weighted by Gasteiger charge is 2.39. The second-order valence-electron chi connectivity index (χ2n) is 5.14. The molecule has 6 nitrogen and oxygen atoms in total. The monoisotopic (exact) mass is 307 g/mol. The Kier molecular flexibility index (Phi) is 4.30. The van der Waals surface area contributed by atoms with Crippen LogP contribution in [0.2, 0.25) is 0 Å². The van der Waals surface area contributed by atoms with Gasteiger partial charge in [-0.25, -0.2) is 8.42 Å². The van der Waals surface area contributed by atoms with E-state index in [9.17, 15) is 13.2 Å². The highest BCUT2D eigenvalue weighted by atomic mass is 32.2. The van der Waals surface area contributed by atoms with Gasteiger partial charge in [-0.3, -0.25) is 4.79 Å². The minimum absolute atomic E-state index is 0.111. The van der Waals surface area contributed by atoms with Crippen molar-refractivity contribution in [2.45, 2.75) is 23.8 Å². The molecular formula is C14H17N3O3S. The third-order valence-electron chi connectivity index (χ3n) is 3.52. The molecule has 0 aliphatic carbocycles. The maximum atomic E-state index is 12.6. The van der Waals surface area contributed by atoms with Crippen LogP contribution in [-0.4, -0.2) is 50.2 Å². The lowest BCUT2D eigenvalue weighted by atomic mass is 10.2. The molecule has 1 aromatic rings. The van der Waals surface area contributed by atoms with E-state index in [0.717, 1.165) is 0 Å². The molecule has 0 spiro atoms. The fourth-order valence-corrected chi connectivity index (χ4v) is 4.06. The summed E-state index contributed by atoms with van der Waals surface area (Å²) in [6, 6.07) is 7.05. The van der Waals surface area contributed by atoms with Gasteiger partial charge in [0.2, 0.25) is 15.9 Å². The number of hydrogen-bond acceptors (Lipinski definition) is 4. The van der Waals surface area contributed by atoms with Crippen LogP contribution >= 0.6 is 0 Å². The third-order valence-corrected chi connectivity index (χ3v) is 5.44. The zero-order valence-corrected chi connectivity index (χ0v) is 12.8. The van der Waals surface area contributed by atoms with E-state index in [4.69, 9.17) is 5.26 Å². The van der Waals surface area contributed by atoms with Crippen LogP contribution in [0.15, 0.2) is 29.2 Å². The van der Waals surface area contributed by atoms with E-state index in [1.807, 2.05) is 6.07 Å². The largest absolute Gasteiger partial charge is 0.347 e. The van der Waals surface area contributed by atoms with Gasteiger partial charge in [0.1, 0.15) is 6.04 Å². The highest BCUT2D eigenvalue weighted by molar-refractivity contribution is 7.89. The number of amides is 1. The Bertz CT molecular complexity index is 674. The van der Waals surface area contributed by atoms with Crippen LogP contribution in [0, 0.1) is 11.3 Å². The predicted octanol–water partition coefficient (Wildman–Crippen LogP) is 0.800. The first-order valence-corrected chi connectivity index (χ1v) is 8.05. The average Bonchev–Trinajstić information content (AvgIpc) is 2.96. The van der Waals surface area contributed by atoms with E-state index in [2.05, 4.69) is 0 Å². The summed E-state index contributed by atoms with van der Waals surface area (Å²) in [4.78, 5) is 13.6. The molecule has 1 fully saturated rings. The number of hydrogen-bond donors (Lipinski definition) is 0. The van der Waals surface area contributed by atoms with Gasteiger partial charge < -0.3 is 4.90 Å². The number of nitrogens with zero attached hydrogens (tertiary/aromatic N) is 3. The first kappa shape index (κ1) is 15.5. The van der Waals surface area contributed by atoms with Crippen molar-refractivity contribution in [2.75, 3.05) is 20.6 Å². The maximum absolute atomic E-state index is 12.6. The van der Waals surface area contributed by atoms with E-state index in [-0.39, 0.29) is 10.8 Å². The number of nitriles is 1. The van der Waals surface area contributed by atoms with Gasteiger partial charge in [0, 0.05) is 20.6 Å². The molecule has 1 aromatic carbocycles. The summed E-state index contributed by atoms with van der Waals surface area (Å²) in [5.41, 5.74) is 0.399. The number of rotatable bonds is 3. The number of carbonyl (C=O) groups excluding carboxylic acids is 1. The molecule has 21 heavy (non-hydrogen) atoms. The van der Waals surface area contributed by atoms with E-state index >= 15 is 0 Å². The van der Waals surface area contributed by atoms with Gasteiger partial charge >= 0.3 is 0 Å². The number of benzene rings is 1. The lowest BCUT2D eigenvalue weighted by Gasteiger charge is -2.25. The van der Waals surface area contributed by atoms with Crippen molar-refractivity contribution in [3.8, 4) is 6.07 Å². The van der Waals surface area contributed by atoms with Gasteiger partial charge in [0.25, 0.3) is 0 Å². The van der Waals surface area contributed by atoms with Crippen LogP contribution in [-0.2, 0) is 14.8 Å². The van der Waals surface area contributed by atoms with Crippen LogP contribution in [0.4, 0.5) is 0 Å². The van der Waals surface area contributed by atoms with Crippen molar-refractivity contribution in [1.82, 2.24) is 9.21 Å². The topological polar surface area (TPSA) is 81.5 Å². The van der Waals surface area contributed by atoms with Crippen molar-refractivity contribution >= 4 is 15.9 Å². The van der Waals surface area contributed by atoms with E-state index in [0.29, 0.717) is 24.9 Å². The first-order chi connectivity index (χ1) is 9.87. The summed E-state index contributed by atoms with van der Waals surface area (Å²) in [5, 5.41) is 8.76. The van der Waals surface area contributed by atoms with Crippen LogP contribution in [0.5, 0.6) is 0 Å². The molecular weight excluding hydrogens is 290 g/mol. The molecule has 7 heteroatoms. The zero-order valence-electron chi connectivity index (χ0n) is 12.0. The van der Waals surface area contributed by atoms with Gasteiger partial charge in [-0.1, -0.05) is 0 Å². The summed E-state index contributed by atoms with van der Waals surface area (Å²) in [6.07, 6.45) is 1.20. The van der Waals surface area contributed by atoms with Gasteiger partial charge in [-0.2, -0.15) is 9.57 Å². The van der Waals surface area contributed by atoms with E-state index in [1.165, 1.54) is 33.5 Å². The number of likely N-dealkylation sites (N-methyl/N-ethyl adjacent to an activating group) is 1. The van der Waals surface area contributed by atoms with Crippen molar-refractivity contribution in [3.05, 3.63) is 29.8 Å². The molecule has 0 radical (unpaired) electrons. The fourth-order valence-electron chi connectivity index (χ4n) is 2.41. The molecule has 0 bridgehead atoms. The molecule has 0 N–H and O–H groups in total. The quantitative estimate of drug-likeness (QED) is 0.827. The summed E-state index contributed by atoms with van der Waals surface area (Å²) in [5.74, 6) is -0.204. The molecule has 1 amide bonds. The van der Waals surface area contributed by atoms with E-state index < -0.39 is 16.1 Å². The number of carbonyl (C=O) groups is 1. The standard InChI is InChI=1S/C14H17N3O3S/c1-16(2)14(18)13-4-3-9-17(13)21(19,20)12-7-5-11(10-15)6-8-12/h5-8,13H,3-4,9H2,1-2H3. The van der Waals surface area contributed by atoms with Crippen LogP contribution in [0.1, 0.15) is 18.4 Å². The summed E-state index contributed by atoms with van der Waals surface area (Å²) in [7, 11) is -0.479. The molecule has 1 aliphatic heterocycles. The van der Waals surface area contributed by atoms with Crippen molar-refractivity contribution in [2.24, 2.45) is 0 Å². The molecule has 1 atom stereocenters. The zero-order chi connectivity index (χ0) is 15.6. The third kappa shape index (κ3) is 2.91. The molecule has 0 aromatic heterocycles. The van der Waals surface area contributed by atoms with Gasteiger partial charge in [0.05, 0.1) is 16.5 Å². The Morgan fingerprint density at radius 3 is 2.48 bits per heavy atom. The van der Waals surface area contributed by atoms with Crippen molar-refractivity contribution in [1.29, 1.82) is 5.26 Å². The molecule has 2 rings (SSSR count). The van der Waals surface area contributed by atoms with Crippen LogP contribution in [0.3, 0.4) is 0 Å². The van der Waals surface area contributed by atoms with Crippen LogP contribution in [0.25, 0.3) is 0 Å². The van der Waals surface area contributed by atoms with Gasteiger partial charge in [-0.05, 0) is 37.1 Å². The Morgan fingerprint density at radius 1 is 1.33 bits per heavy atom. The Labute approximate surface area is 124 Å². The van der Waals surface area contributed by atoms with E-state index in [1.54, 1.807) is 14.1 Å². The fraction of sp³-hybridized carbons (Fsp3) is 0.429. The van der Waals surface area contributed by atoms with Crippen molar-refractivity contribution in [3.63, 3.8) is 0 Å². The molecule has 1 unspecified atom stereocenters. The van der Waals surface area contributed by atoms with Crippen LogP contribution < -0.4 is 0 Å². The molecule has 1 saturated heterocycles. The highest BCUT2D eigenvalue weighted by Crippen LogP contribution is 2.27. The predicted molar refractivity (Wildman–Crippen MR) is 76.8 cm³/mol. The minimum atomic E-state index is -3.71. The molecule has 1 aliphatic rings. The van der Waals surface area contributed by atoms with Crippen molar-refractivity contribution < 1.29 is 13.2 Å². The smallest absolute Gasteiger partial charge is 0.243 e. The SMILES string of the molecule is CN(C)C(=O)C1CCCN1S(=O)(=O)c1ccc(C#N)cc1. The second-order valence-corrected chi connectivity index (χ2v) is 7.03. The summed E-state index contributed by atoms with van der Waals surface area (Å²) in [6.45, 7) is 0.340. The molecule has 112 valence electrons. The summed E-state index contributed by atoms with van der Waals surface area (Å²) >= 11 is 0. The Morgan fingerprint density at radius 2 is 1.95 bits per heavy atom. The minimum Gasteiger partial charge on any atom is -0.347 e. The lowest BCUT2D eigenvalue weighted by molar-refractivity contribution is -0.132. The Balaban J connectivity index is 2.34. The number of sulfonamides is 1. The molecule has 1 heterocycles. The Hall–Kier alpha value is -1.91. The average molecular weight is 307 g/mol. The molecule has 0 saturated carbocycles. The summed E-state index contributed by atoms with van der Waals surface area (Å²) < 4.78 is 26.5. The lowest BCUT2D eigenvalue weighted by Crippen LogP contribution is -2.45. The maximum Gasteiger partial charge on any atom is 0.243 e.